The van der Waals surface area contributed by atoms with E-state index in [0.717, 1.165) is 16.2 Å². The van der Waals surface area contributed by atoms with Crippen LogP contribution in [0.15, 0.2) is 0 Å². The van der Waals surface area contributed by atoms with Crippen LogP contribution in [0.4, 0.5) is 0 Å². The fraction of sp³-hybridized carbons (Fsp3) is 1.00. The summed E-state index contributed by atoms with van der Waals surface area (Å²) in [7, 11) is 0.778. The molecule has 1 aliphatic heterocycles. The highest BCUT2D eigenvalue weighted by molar-refractivity contribution is 6.80. The number of hydrogen-bond acceptors (Lipinski definition) is 1. The van der Waals surface area contributed by atoms with Crippen LogP contribution in [-0.4, -0.2) is 22.3 Å². The second-order valence-corrected chi connectivity index (χ2v) is 1.14. The highest BCUT2D eigenvalue weighted by Crippen LogP contribution is 2.04. The molecule has 0 spiro atoms. The molecule has 0 N–H and O–H groups in total. The fourth-order valence-corrected chi connectivity index (χ4v) is 0.0962. The molecule has 1 unspecified atom stereocenters. The van der Waals surface area contributed by atoms with Crippen LogP contribution in [0.1, 0.15) is 6.92 Å². The Kier molecular flexibility index (Phi) is 3.93. The van der Waals surface area contributed by atoms with Crippen LogP contribution in [0.2, 0.25) is 0 Å². The van der Waals surface area contributed by atoms with Gasteiger partial charge >= 0.3 is 0 Å². The van der Waals surface area contributed by atoms with E-state index in [9.17, 15) is 0 Å². The smallest absolute Gasteiger partial charge is 0.109 e. The van der Waals surface area contributed by atoms with Gasteiger partial charge in [-0.3, -0.25) is 0 Å². The Bertz CT molecular complexity index is 30.0. The van der Waals surface area contributed by atoms with Crippen molar-refractivity contribution in [2.75, 3.05) is 6.61 Å². The van der Waals surface area contributed by atoms with Crippen LogP contribution < -0.4 is 0 Å². The zero-order valence-electron chi connectivity index (χ0n) is 4.07. The molecule has 1 saturated heterocycles. The van der Waals surface area contributed by atoms with Gasteiger partial charge in [-0.15, -0.1) is 0 Å². The first-order chi connectivity index (χ1) is 2.89. The van der Waals surface area contributed by atoms with Gasteiger partial charge in [0.15, 0.2) is 0 Å². The van der Waals surface area contributed by atoms with Gasteiger partial charge in [0, 0.05) is 0 Å². The lowest BCUT2D eigenvalue weighted by molar-refractivity contribution is 0.423. The second kappa shape index (κ2) is 3.65. The Morgan fingerprint density at radius 1 is 1.83 bits per heavy atom. The van der Waals surface area contributed by atoms with Crippen molar-refractivity contribution in [1.82, 2.24) is 0 Å². The molecule has 0 radical (unpaired) electrons. The Balaban J connectivity index is 0.000000112. The third kappa shape index (κ3) is 4.47. The topological polar surface area (TPSA) is 12.5 Å². The van der Waals surface area contributed by atoms with Crippen LogP contribution in [0, 0.1) is 0 Å². The van der Waals surface area contributed by atoms with E-state index in [0.29, 0.717) is 6.10 Å². The lowest BCUT2D eigenvalue weighted by Gasteiger charge is -1.50. The molecule has 0 amide bonds. The third-order valence-corrected chi connectivity index (χ3v) is 0.500. The molecule has 0 saturated carbocycles. The van der Waals surface area contributed by atoms with Crippen molar-refractivity contribution >= 4 is 20.6 Å². The third-order valence-electron chi connectivity index (χ3n) is 0.500. The highest BCUT2D eigenvalue weighted by atomic mass is 35.6. The zero-order chi connectivity index (χ0) is 4.99. The van der Waals surface area contributed by atoms with Gasteiger partial charge in [-0.1, -0.05) is 0 Å². The monoisotopic (exact) mass is 124 g/mol. The summed E-state index contributed by atoms with van der Waals surface area (Å²) >= 11 is 4.78. The van der Waals surface area contributed by atoms with E-state index < -0.39 is 0 Å². The average molecular weight is 125 g/mol. The van der Waals surface area contributed by atoms with Crippen molar-refractivity contribution < 1.29 is 4.74 Å². The fourth-order valence-electron chi connectivity index (χ4n) is 0.0962. The molecule has 0 aromatic rings. The minimum absolute atomic E-state index is 0.583. The van der Waals surface area contributed by atoms with Crippen molar-refractivity contribution in [3.8, 4) is 0 Å². The summed E-state index contributed by atoms with van der Waals surface area (Å²) in [5, 5.41) is 0. The molecule has 1 atom stereocenters. The van der Waals surface area contributed by atoms with E-state index in [2.05, 4.69) is 6.92 Å². The minimum atomic E-state index is 0.583. The van der Waals surface area contributed by atoms with Crippen molar-refractivity contribution in [1.29, 1.82) is 0 Å². The largest absolute Gasteiger partial charge is 0.373 e. The van der Waals surface area contributed by atoms with Crippen LogP contribution in [0.25, 0.3) is 0 Å². The normalized spacial score (nSPS) is 28.0. The highest BCUT2D eigenvalue weighted by Gasteiger charge is 2.13. The predicted molar refractivity (Wildman–Crippen MR) is 31.2 cm³/mol. The van der Waals surface area contributed by atoms with Gasteiger partial charge in [-0.2, -0.15) is 11.1 Å². The van der Waals surface area contributed by atoms with E-state index >= 15 is 0 Å². The minimum Gasteiger partial charge on any atom is -0.373 e. The number of ether oxygens (including phenoxy) is 1. The number of rotatable bonds is 0. The molecule has 1 rings (SSSR count). The molecule has 6 heavy (non-hydrogen) atoms. The summed E-state index contributed by atoms with van der Waals surface area (Å²) in [5.41, 5.74) is 0. The van der Waals surface area contributed by atoms with Crippen molar-refractivity contribution in [3.05, 3.63) is 0 Å². The summed E-state index contributed by atoms with van der Waals surface area (Å²) in [6.45, 7) is 3.04. The summed E-state index contributed by atoms with van der Waals surface area (Å²) in [6.07, 6.45) is 0.583. The second-order valence-electron chi connectivity index (χ2n) is 1.14. The Morgan fingerprint density at radius 3 is 2.00 bits per heavy atom. The lowest BCUT2D eigenvalue weighted by Crippen LogP contribution is -1.60. The van der Waals surface area contributed by atoms with Crippen molar-refractivity contribution in [2.24, 2.45) is 0 Å². The first-order valence-corrected chi connectivity index (χ1v) is 4.91. The van der Waals surface area contributed by atoms with E-state index in [-0.39, 0.29) is 0 Å². The Hall–Kier alpha value is 0.467. The van der Waals surface area contributed by atoms with Crippen molar-refractivity contribution in [3.63, 3.8) is 0 Å². The maximum atomic E-state index is 4.78. The Labute approximate surface area is 45.8 Å². The predicted octanol–water partition coefficient (Wildman–Crippen LogP) is -0.0893. The van der Waals surface area contributed by atoms with Gasteiger partial charge in [0.1, 0.15) is 9.55 Å². The van der Waals surface area contributed by atoms with E-state index in [1.54, 1.807) is 0 Å². The molecular formula is C3H9ClOSi. The van der Waals surface area contributed by atoms with E-state index in [1.165, 1.54) is 0 Å². The Morgan fingerprint density at radius 2 is 2.00 bits per heavy atom. The molecule has 38 valence electrons. The lowest BCUT2D eigenvalue weighted by atomic mass is 10.6. The molecule has 1 nitrogen and oxygen atoms in total. The quantitative estimate of drug-likeness (QED) is 0.250. The number of epoxide rings is 1. The molecule has 1 heterocycles. The summed E-state index contributed by atoms with van der Waals surface area (Å²) < 4.78 is 4.71. The molecule has 0 aliphatic carbocycles. The molecule has 3 heteroatoms. The molecule has 1 aliphatic rings. The zero-order valence-corrected chi connectivity index (χ0v) is 6.83. The van der Waals surface area contributed by atoms with E-state index in [1.807, 2.05) is 0 Å². The molecule has 0 aromatic heterocycles. The maximum absolute atomic E-state index is 4.78. The van der Waals surface area contributed by atoms with Gasteiger partial charge in [-0.05, 0) is 6.92 Å². The van der Waals surface area contributed by atoms with Crippen LogP contribution in [0.3, 0.4) is 0 Å². The average Bonchev–Trinajstić information content (AvgIpc) is 2.30. The molecule has 0 aromatic carbocycles. The van der Waals surface area contributed by atoms with Crippen LogP contribution in [0.5, 0.6) is 0 Å². The van der Waals surface area contributed by atoms with Gasteiger partial charge in [0.2, 0.25) is 0 Å². The number of hydrogen-bond donors (Lipinski definition) is 0. The molecule has 1 fully saturated rings. The first-order valence-electron chi connectivity index (χ1n) is 1.89. The SMILES string of the molecule is CC1CO1.[SiH3]Cl. The van der Waals surface area contributed by atoms with Crippen LogP contribution >= 0.6 is 11.1 Å². The van der Waals surface area contributed by atoms with Gasteiger partial charge in [0.25, 0.3) is 0 Å². The maximum Gasteiger partial charge on any atom is 0.109 e. The van der Waals surface area contributed by atoms with Crippen molar-refractivity contribution in [2.45, 2.75) is 13.0 Å². The number of halogens is 1. The summed E-state index contributed by atoms with van der Waals surface area (Å²) in [5.74, 6) is 0. The molecule has 0 bridgehead atoms. The first kappa shape index (κ1) is 6.47. The summed E-state index contributed by atoms with van der Waals surface area (Å²) in [4.78, 5) is 0. The van der Waals surface area contributed by atoms with Gasteiger partial charge < -0.3 is 4.74 Å². The molecular weight excluding hydrogens is 116 g/mol. The standard InChI is InChI=1S/C3H6O.ClH3Si/c1-3-2-4-3;1-2/h3H,2H2,1H3;2H3. The van der Waals surface area contributed by atoms with E-state index in [4.69, 9.17) is 15.8 Å². The van der Waals surface area contributed by atoms with Gasteiger partial charge in [0.05, 0.1) is 12.7 Å². The van der Waals surface area contributed by atoms with Crippen LogP contribution in [-0.2, 0) is 4.74 Å². The summed E-state index contributed by atoms with van der Waals surface area (Å²) in [6, 6.07) is 0. The van der Waals surface area contributed by atoms with Gasteiger partial charge in [-0.25, -0.2) is 0 Å².